The van der Waals surface area contributed by atoms with Crippen LogP contribution in [-0.2, 0) is 6.61 Å². The first-order chi connectivity index (χ1) is 8.26. The van der Waals surface area contributed by atoms with Gasteiger partial charge in [-0.2, -0.15) is 0 Å². The molecule has 2 rings (SSSR count). The minimum absolute atomic E-state index is 0.113. The fourth-order valence-electron chi connectivity index (χ4n) is 2.70. The SMILES string of the molecule is CC[C@@H]1CCCCN1c1ccc(Br)cc1CO. The third-order valence-corrected chi connectivity index (χ3v) is 4.11. The Bertz CT molecular complexity index is 380. The quantitative estimate of drug-likeness (QED) is 0.919. The molecule has 17 heavy (non-hydrogen) atoms. The fraction of sp³-hybridized carbons (Fsp3) is 0.571. The predicted octanol–water partition coefficient (Wildman–Crippen LogP) is 3.71. The molecule has 0 aromatic heterocycles. The molecule has 1 aromatic rings. The summed E-state index contributed by atoms with van der Waals surface area (Å²) in [5, 5.41) is 9.48. The summed E-state index contributed by atoms with van der Waals surface area (Å²) in [5.74, 6) is 0. The Morgan fingerprint density at radius 2 is 2.24 bits per heavy atom. The van der Waals surface area contributed by atoms with Crippen LogP contribution in [0.2, 0.25) is 0 Å². The topological polar surface area (TPSA) is 23.5 Å². The monoisotopic (exact) mass is 297 g/mol. The number of aliphatic hydroxyl groups excluding tert-OH is 1. The first kappa shape index (κ1) is 12.9. The molecule has 0 radical (unpaired) electrons. The Hall–Kier alpha value is -0.540. The van der Waals surface area contributed by atoms with Crippen LogP contribution >= 0.6 is 15.9 Å². The molecule has 0 saturated carbocycles. The molecule has 0 amide bonds. The Labute approximate surface area is 112 Å². The second kappa shape index (κ2) is 5.87. The van der Waals surface area contributed by atoms with Crippen molar-refractivity contribution in [2.45, 2.75) is 45.3 Å². The van der Waals surface area contributed by atoms with Crippen LogP contribution in [0, 0.1) is 0 Å². The lowest BCUT2D eigenvalue weighted by atomic mass is 9.98. The summed E-state index contributed by atoms with van der Waals surface area (Å²) in [6.07, 6.45) is 5.05. The van der Waals surface area contributed by atoms with Crippen molar-refractivity contribution >= 4 is 21.6 Å². The highest BCUT2D eigenvalue weighted by Gasteiger charge is 2.22. The van der Waals surface area contributed by atoms with Crippen molar-refractivity contribution in [1.29, 1.82) is 0 Å². The Balaban J connectivity index is 2.30. The van der Waals surface area contributed by atoms with Crippen LogP contribution in [-0.4, -0.2) is 17.7 Å². The van der Waals surface area contributed by atoms with Gasteiger partial charge in [0.25, 0.3) is 0 Å². The lowest BCUT2D eigenvalue weighted by Gasteiger charge is -2.38. The molecule has 0 bridgehead atoms. The third kappa shape index (κ3) is 2.83. The highest BCUT2D eigenvalue weighted by Crippen LogP contribution is 2.31. The number of aliphatic hydroxyl groups is 1. The zero-order valence-electron chi connectivity index (χ0n) is 10.3. The molecule has 1 fully saturated rings. The predicted molar refractivity (Wildman–Crippen MR) is 75.3 cm³/mol. The highest BCUT2D eigenvalue weighted by molar-refractivity contribution is 9.10. The van der Waals surface area contributed by atoms with E-state index in [1.165, 1.54) is 31.4 Å². The molecular formula is C14H20BrNO. The van der Waals surface area contributed by atoms with E-state index in [1.54, 1.807) is 0 Å². The van der Waals surface area contributed by atoms with E-state index < -0.39 is 0 Å². The normalized spacial score (nSPS) is 20.6. The number of benzene rings is 1. The molecule has 1 aliphatic rings. The summed E-state index contributed by atoms with van der Waals surface area (Å²) in [7, 11) is 0. The van der Waals surface area contributed by atoms with Gasteiger partial charge in [-0.05, 0) is 43.9 Å². The second-order valence-corrected chi connectivity index (χ2v) is 5.60. The number of hydrogen-bond acceptors (Lipinski definition) is 2. The summed E-state index contributed by atoms with van der Waals surface area (Å²) >= 11 is 3.46. The van der Waals surface area contributed by atoms with Gasteiger partial charge < -0.3 is 10.0 Å². The van der Waals surface area contributed by atoms with Crippen LogP contribution in [0.5, 0.6) is 0 Å². The molecule has 0 spiro atoms. The molecule has 1 N–H and O–H groups in total. The lowest BCUT2D eigenvalue weighted by molar-refractivity contribution is 0.281. The maximum atomic E-state index is 9.48. The second-order valence-electron chi connectivity index (χ2n) is 4.68. The molecule has 1 aromatic carbocycles. The number of hydrogen-bond donors (Lipinski definition) is 1. The van der Waals surface area contributed by atoms with Gasteiger partial charge in [-0.1, -0.05) is 22.9 Å². The van der Waals surface area contributed by atoms with Gasteiger partial charge in [0.05, 0.1) is 6.61 Å². The van der Waals surface area contributed by atoms with Crippen LogP contribution in [0.4, 0.5) is 5.69 Å². The largest absolute Gasteiger partial charge is 0.392 e. The third-order valence-electron chi connectivity index (χ3n) is 3.62. The van der Waals surface area contributed by atoms with Crippen molar-refractivity contribution in [1.82, 2.24) is 0 Å². The fourth-order valence-corrected chi connectivity index (χ4v) is 3.11. The van der Waals surface area contributed by atoms with Crippen molar-refractivity contribution in [3.63, 3.8) is 0 Å². The molecular weight excluding hydrogens is 278 g/mol. The van der Waals surface area contributed by atoms with E-state index in [-0.39, 0.29) is 6.61 Å². The molecule has 1 heterocycles. The summed E-state index contributed by atoms with van der Waals surface area (Å²) in [5.41, 5.74) is 2.24. The van der Waals surface area contributed by atoms with E-state index in [1.807, 2.05) is 6.07 Å². The summed E-state index contributed by atoms with van der Waals surface area (Å²) in [6.45, 7) is 3.48. The van der Waals surface area contributed by atoms with E-state index in [0.29, 0.717) is 6.04 Å². The number of nitrogens with zero attached hydrogens (tertiary/aromatic N) is 1. The summed E-state index contributed by atoms with van der Waals surface area (Å²) in [6, 6.07) is 6.85. The van der Waals surface area contributed by atoms with Gasteiger partial charge in [0, 0.05) is 28.3 Å². The maximum Gasteiger partial charge on any atom is 0.0702 e. The molecule has 2 nitrogen and oxygen atoms in total. The summed E-state index contributed by atoms with van der Waals surface area (Å²) in [4.78, 5) is 2.47. The van der Waals surface area contributed by atoms with E-state index in [9.17, 15) is 5.11 Å². The number of piperidine rings is 1. The highest BCUT2D eigenvalue weighted by atomic mass is 79.9. The first-order valence-corrected chi connectivity index (χ1v) is 7.21. The molecule has 0 aliphatic carbocycles. The van der Waals surface area contributed by atoms with Gasteiger partial charge in [0.15, 0.2) is 0 Å². The van der Waals surface area contributed by atoms with Crippen LogP contribution in [0.15, 0.2) is 22.7 Å². The molecule has 0 unspecified atom stereocenters. The zero-order valence-corrected chi connectivity index (χ0v) is 11.9. The minimum Gasteiger partial charge on any atom is -0.392 e. The van der Waals surface area contributed by atoms with Gasteiger partial charge >= 0.3 is 0 Å². The average molecular weight is 298 g/mol. The first-order valence-electron chi connectivity index (χ1n) is 6.42. The number of rotatable bonds is 3. The molecule has 94 valence electrons. The van der Waals surface area contributed by atoms with E-state index >= 15 is 0 Å². The van der Waals surface area contributed by atoms with Gasteiger partial charge in [-0.3, -0.25) is 0 Å². The van der Waals surface area contributed by atoms with Crippen molar-refractivity contribution in [2.75, 3.05) is 11.4 Å². The van der Waals surface area contributed by atoms with Gasteiger partial charge in [0.1, 0.15) is 0 Å². The lowest BCUT2D eigenvalue weighted by Crippen LogP contribution is -2.39. The van der Waals surface area contributed by atoms with Crippen molar-refractivity contribution in [2.24, 2.45) is 0 Å². The molecule has 3 heteroatoms. The van der Waals surface area contributed by atoms with E-state index in [4.69, 9.17) is 0 Å². The smallest absolute Gasteiger partial charge is 0.0702 e. The average Bonchev–Trinajstić information content (AvgIpc) is 2.38. The van der Waals surface area contributed by atoms with Gasteiger partial charge in [-0.15, -0.1) is 0 Å². The minimum atomic E-state index is 0.113. The number of anilines is 1. The van der Waals surface area contributed by atoms with Crippen LogP contribution in [0.25, 0.3) is 0 Å². The molecule has 1 aliphatic heterocycles. The van der Waals surface area contributed by atoms with Crippen LogP contribution in [0.3, 0.4) is 0 Å². The maximum absolute atomic E-state index is 9.48. The Morgan fingerprint density at radius 1 is 1.41 bits per heavy atom. The summed E-state index contributed by atoms with van der Waals surface area (Å²) < 4.78 is 1.04. The van der Waals surface area contributed by atoms with Crippen molar-refractivity contribution < 1.29 is 5.11 Å². The van der Waals surface area contributed by atoms with Crippen molar-refractivity contribution in [3.8, 4) is 0 Å². The van der Waals surface area contributed by atoms with E-state index in [2.05, 4.69) is 39.9 Å². The van der Waals surface area contributed by atoms with Crippen LogP contribution < -0.4 is 4.90 Å². The molecule has 1 atom stereocenters. The Morgan fingerprint density at radius 3 is 2.94 bits per heavy atom. The van der Waals surface area contributed by atoms with Gasteiger partial charge in [0.2, 0.25) is 0 Å². The van der Waals surface area contributed by atoms with Crippen LogP contribution in [0.1, 0.15) is 38.2 Å². The standard InChI is InChI=1S/C14H20BrNO/c1-2-13-5-3-4-8-16(13)14-7-6-12(15)9-11(14)10-17/h6-7,9,13,17H,2-5,8,10H2,1H3/t13-/m1/s1. The number of halogens is 1. The molecule has 1 saturated heterocycles. The van der Waals surface area contributed by atoms with Gasteiger partial charge in [-0.25, -0.2) is 0 Å². The van der Waals surface area contributed by atoms with Crippen molar-refractivity contribution in [3.05, 3.63) is 28.2 Å². The zero-order chi connectivity index (χ0) is 12.3. The van der Waals surface area contributed by atoms with E-state index in [0.717, 1.165) is 16.6 Å². The Kier molecular flexibility index (Phi) is 4.46.